The highest BCUT2D eigenvalue weighted by Crippen LogP contribution is 2.38. The summed E-state index contributed by atoms with van der Waals surface area (Å²) in [4.78, 5) is 17.9. The first-order valence-electron chi connectivity index (χ1n) is 11.3. The topological polar surface area (TPSA) is 35.6 Å². The van der Waals surface area contributed by atoms with E-state index in [9.17, 15) is 4.79 Å². The zero-order chi connectivity index (χ0) is 20.9. The van der Waals surface area contributed by atoms with Crippen molar-refractivity contribution in [1.82, 2.24) is 4.90 Å². The van der Waals surface area contributed by atoms with Gasteiger partial charge in [0.15, 0.2) is 0 Å². The lowest BCUT2D eigenvalue weighted by molar-refractivity contribution is -0.123. The summed E-state index contributed by atoms with van der Waals surface area (Å²) in [5.41, 5.74) is 3.39. The molecule has 0 bridgehead atoms. The average molecular weight is 405 g/mol. The molecule has 1 aliphatic carbocycles. The summed E-state index contributed by atoms with van der Waals surface area (Å²) in [7, 11) is 4.04. The number of carbonyl (C=O) groups excluding carboxylic acids is 1. The first kappa shape index (κ1) is 20.9. The molecular formula is C26H34N3O. The fourth-order valence-electron chi connectivity index (χ4n) is 5.15. The molecule has 1 N–H and O–H groups in total. The van der Waals surface area contributed by atoms with Gasteiger partial charge in [-0.05, 0) is 68.3 Å². The van der Waals surface area contributed by atoms with E-state index in [1.165, 1.54) is 31.2 Å². The van der Waals surface area contributed by atoms with Gasteiger partial charge in [0.1, 0.15) is 0 Å². The van der Waals surface area contributed by atoms with Gasteiger partial charge in [-0.1, -0.05) is 49.2 Å². The summed E-state index contributed by atoms with van der Waals surface area (Å²) in [6.45, 7) is 0.976. The van der Waals surface area contributed by atoms with E-state index < -0.39 is 0 Å². The predicted octanol–water partition coefficient (Wildman–Crippen LogP) is 5.09. The Labute approximate surface area is 181 Å². The zero-order valence-electron chi connectivity index (χ0n) is 18.3. The van der Waals surface area contributed by atoms with Gasteiger partial charge in [-0.15, -0.1) is 0 Å². The Morgan fingerprint density at radius 3 is 2.63 bits per heavy atom. The number of piperidine rings is 1. The Kier molecular flexibility index (Phi) is 6.73. The van der Waals surface area contributed by atoms with Gasteiger partial charge in [-0.3, -0.25) is 9.69 Å². The van der Waals surface area contributed by atoms with Crippen LogP contribution in [-0.2, 0) is 4.79 Å². The van der Waals surface area contributed by atoms with Gasteiger partial charge in [0.05, 0.1) is 6.04 Å². The molecule has 2 aromatic rings. The molecule has 1 aliphatic heterocycles. The molecule has 1 radical (unpaired) electrons. The minimum absolute atomic E-state index is 0.0870. The van der Waals surface area contributed by atoms with Crippen LogP contribution >= 0.6 is 0 Å². The predicted molar refractivity (Wildman–Crippen MR) is 125 cm³/mol. The van der Waals surface area contributed by atoms with Crippen molar-refractivity contribution in [3.63, 3.8) is 0 Å². The van der Waals surface area contributed by atoms with E-state index in [1.54, 1.807) is 0 Å². The molecule has 4 nitrogen and oxygen atoms in total. The van der Waals surface area contributed by atoms with E-state index in [4.69, 9.17) is 0 Å². The van der Waals surface area contributed by atoms with Crippen molar-refractivity contribution in [3.05, 3.63) is 66.6 Å². The van der Waals surface area contributed by atoms with Gasteiger partial charge in [-0.2, -0.15) is 0 Å². The zero-order valence-corrected chi connectivity index (χ0v) is 18.3. The van der Waals surface area contributed by atoms with Crippen molar-refractivity contribution in [3.8, 4) is 0 Å². The lowest BCUT2D eigenvalue weighted by Crippen LogP contribution is -2.54. The molecule has 2 aliphatic rings. The average Bonchev–Trinajstić information content (AvgIpc) is 2.80. The second kappa shape index (κ2) is 9.65. The summed E-state index contributed by atoms with van der Waals surface area (Å²) >= 11 is 0. The number of nitrogens with zero attached hydrogens (tertiary/aromatic N) is 2. The van der Waals surface area contributed by atoms with Crippen LogP contribution in [-0.4, -0.2) is 43.5 Å². The summed E-state index contributed by atoms with van der Waals surface area (Å²) in [6.07, 6.45) is 9.12. The Hall–Kier alpha value is -2.33. The number of anilines is 2. The fourth-order valence-corrected chi connectivity index (χ4v) is 5.15. The summed E-state index contributed by atoms with van der Waals surface area (Å²) in [6, 6.07) is 19.4. The van der Waals surface area contributed by atoms with Crippen molar-refractivity contribution in [2.45, 2.75) is 56.5 Å². The van der Waals surface area contributed by atoms with Gasteiger partial charge in [-0.25, -0.2) is 0 Å². The minimum atomic E-state index is -0.0870. The molecule has 1 saturated carbocycles. The highest BCUT2D eigenvalue weighted by atomic mass is 16.2. The lowest BCUT2D eigenvalue weighted by Gasteiger charge is -2.45. The summed E-state index contributed by atoms with van der Waals surface area (Å²) in [5.74, 6) is 0.643. The van der Waals surface area contributed by atoms with Crippen molar-refractivity contribution >= 4 is 17.3 Å². The maximum Gasteiger partial charge on any atom is 0.241 e. The van der Waals surface area contributed by atoms with Crippen LogP contribution in [0.1, 0.15) is 50.0 Å². The molecule has 159 valence electrons. The van der Waals surface area contributed by atoms with Crippen LogP contribution < -0.4 is 10.2 Å². The molecule has 3 atom stereocenters. The third-order valence-corrected chi connectivity index (χ3v) is 6.70. The normalized spacial score (nSPS) is 24.9. The van der Waals surface area contributed by atoms with E-state index in [-0.39, 0.29) is 11.9 Å². The number of amides is 1. The van der Waals surface area contributed by atoms with Crippen molar-refractivity contribution in [2.24, 2.45) is 0 Å². The molecule has 1 amide bonds. The van der Waals surface area contributed by atoms with Crippen LogP contribution in [0, 0.1) is 6.42 Å². The second-order valence-corrected chi connectivity index (χ2v) is 8.87. The number of nitrogens with one attached hydrogen (secondary N) is 1. The molecule has 0 spiro atoms. The van der Waals surface area contributed by atoms with E-state index >= 15 is 0 Å². The van der Waals surface area contributed by atoms with E-state index in [0.29, 0.717) is 12.0 Å². The lowest BCUT2D eigenvalue weighted by atomic mass is 9.78. The number of rotatable bonds is 5. The van der Waals surface area contributed by atoms with E-state index in [0.717, 1.165) is 30.8 Å². The van der Waals surface area contributed by atoms with Crippen molar-refractivity contribution in [1.29, 1.82) is 0 Å². The van der Waals surface area contributed by atoms with Gasteiger partial charge < -0.3 is 10.2 Å². The van der Waals surface area contributed by atoms with Gasteiger partial charge >= 0.3 is 0 Å². The van der Waals surface area contributed by atoms with Crippen LogP contribution in [0.2, 0.25) is 0 Å². The SMILES string of the molecule is CN(C)c1cccc(NC(=O)C2C[CH]CCN2C2CCCCC2c2ccccc2)c1. The molecule has 2 aromatic carbocycles. The third-order valence-electron chi connectivity index (χ3n) is 6.70. The van der Waals surface area contributed by atoms with Gasteiger partial charge in [0.25, 0.3) is 0 Å². The molecule has 4 heteroatoms. The molecule has 30 heavy (non-hydrogen) atoms. The van der Waals surface area contributed by atoms with Gasteiger partial charge in [0.2, 0.25) is 5.91 Å². The molecule has 3 unspecified atom stereocenters. The van der Waals surface area contributed by atoms with Crippen LogP contribution in [0.3, 0.4) is 0 Å². The van der Waals surface area contributed by atoms with Crippen molar-refractivity contribution < 1.29 is 4.79 Å². The first-order valence-corrected chi connectivity index (χ1v) is 11.3. The number of hydrogen-bond donors (Lipinski definition) is 1. The molecule has 1 heterocycles. The van der Waals surface area contributed by atoms with E-state index in [2.05, 4.69) is 57.9 Å². The van der Waals surface area contributed by atoms with Crippen LogP contribution in [0.25, 0.3) is 0 Å². The second-order valence-electron chi connectivity index (χ2n) is 8.87. The first-order chi connectivity index (χ1) is 14.6. The van der Waals surface area contributed by atoms with Gasteiger partial charge in [0, 0.05) is 31.5 Å². The minimum Gasteiger partial charge on any atom is -0.378 e. The van der Waals surface area contributed by atoms with Crippen LogP contribution in [0.15, 0.2) is 54.6 Å². The molecule has 0 aromatic heterocycles. The Morgan fingerprint density at radius 1 is 1.03 bits per heavy atom. The Morgan fingerprint density at radius 2 is 1.83 bits per heavy atom. The standard InChI is InChI=1S/C26H34N3O/c1-28(2)22-14-10-13-21(19-22)27-26(30)25-17-8-9-18-29(25)24-16-7-6-15-23(24)20-11-4-3-5-12-20/h3-5,8,10-14,19,23-25H,6-7,9,15-18H2,1-2H3,(H,27,30). The number of hydrogen-bond acceptors (Lipinski definition) is 3. The number of likely N-dealkylation sites (tertiary alicyclic amines) is 1. The maximum atomic E-state index is 13.4. The largest absolute Gasteiger partial charge is 0.378 e. The molecule has 1 saturated heterocycles. The van der Waals surface area contributed by atoms with E-state index in [1.807, 2.05) is 32.3 Å². The summed E-state index contributed by atoms with van der Waals surface area (Å²) < 4.78 is 0. The molecule has 2 fully saturated rings. The third kappa shape index (κ3) is 4.70. The maximum absolute atomic E-state index is 13.4. The molecule has 4 rings (SSSR count). The Balaban J connectivity index is 1.53. The molecular weight excluding hydrogens is 370 g/mol. The quantitative estimate of drug-likeness (QED) is 0.754. The summed E-state index contributed by atoms with van der Waals surface area (Å²) in [5, 5.41) is 3.20. The monoisotopic (exact) mass is 404 g/mol. The number of carbonyl (C=O) groups is 1. The van der Waals surface area contributed by atoms with Crippen LogP contribution in [0.5, 0.6) is 0 Å². The fraction of sp³-hybridized carbons (Fsp3) is 0.462. The van der Waals surface area contributed by atoms with Crippen LogP contribution in [0.4, 0.5) is 11.4 Å². The highest BCUT2D eigenvalue weighted by Gasteiger charge is 2.38. The number of benzene rings is 2. The highest BCUT2D eigenvalue weighted by molar-refractivity contribution is 5.95. The van der Waals surface area contributed by atoms with Crippen molar-refractivity contribution in [2.75, 3.05) is 30.9 Å². The smallest absolute Gasteiger partial charge is 0.241 e. The Bertz CT molecular complexity index is 835.